The number of fused-ring (bicyclic) bond motifs is 1. The molecule has 1 aromatic carbocycles. The van der Waals surface area contributed by atoms with Gasteiger partial charge in [0.2, 0.25) is 5.75 Å². The second kappa shape index (κ2) is 6.33. The van der Waals surface area contributed by atoms with E-state index in [-0.39, 0.29) is 0 Å². The largest absolute Gasteiger partial charge is 0.493 e. The highest BCUT2D eigenvalue weighted by Crippen LogP contribution is 2.40. The van der Waals surface area contributed by atoms with Crippen LogP contribution in [0.3, 0.4) is 0 Å². The van der Waals surface area contributed by atoms with E-state index < -0.39 is 0 Å². The first-order valence-electron chi connectivity index (χ1n) is 7.12. The molecule has 20 heavy (non-hydrogen) atoms. The summed E-state index contributed by atoms with van der Waals surface area (Å²) in [5, 5.41) is 3.47. The Morgan fingerprint density at radius 1 is 1.25 bits per heavy atom. The third-order valence-electron chi connectivity index (χ3n) is 3.67. The van der Waals surface area contributed by atoms with Crippen molar-refractivity contribution < 1.29 is 18.9 Å². The highest BCUT2D eigenvalue weighted by molar-refractivity contribution is 5.54. The summed E-state index contributed by atoms with van der Waals surface area (Å²) in [7, 11) is 1.65. The zero-order valence-corrected chi connectivity index (χ0v) is 11.8. The molecular formula is C15H21NO4. The van der Waals surface area contributed by atoms with Gasteiger partial charge in [0, 0.05) is 19.7 Å². The van der Waals surface area contributed by atoms with E-state index in [9.17, 15) is 0 Å². The normalized spacial score (nSPS) is 20.9. The molecule has 0 bridgehead atoms. The van der Waals surface area contributed by atoms with E-state index >= 15 is 0 Å². The first-order chi connectivity index (χ1) is 9.86. The van der Waals surface area contributed by atoms with Crippen LogP contribution in [0.15, 0.2) is 12.1 Å². The second-order valence-electron chi connectivity index (χ2n) is 5.18. The topological polar surface area (TPSA) is 49.0 Å². The van der Waals surface area contributed by atoms with Gasteiger partial charge >= 0.3 is 0 Å². The van der Waals surface area contributed by atoms with Crippen LogP contribution in [0.25, 0.3) is 0 Å². The van der Waals surface area contributed by atoms with Crippen molar-refractivity contribution in [3.05, 3.63) is 17.7 Å². The molecule has 0 aliphatic carbocycles. The first-order valence-corrected chi connectivity index (χ1v) is 7.12. The highest BCUT2D eigenvalue weighted by atomic mass is 16.6. The van der Waals surface area contributed by atoms with Gasteiger partial charge in [0.05, 0.1) is 13.7 Å². The van der Waals surface area contributed by atoms with E-state index in [0.717, 1.165) is 49.8 Å². The Labute approximate surface area is 119 Å². The fourth-order valence-corrected chi connectivity index (χ4v) is 2.59. The fraction of sp³-hybridized carbons (Fsp3) is 0.600. The molecule has 2 aliphatic rings. The van der Waals surface area contributed by atoms with Crippen molar-refractivity contribution in [1.82, 2.24) is 5.32 Å². The molecule has 1 fully saturated rings. The summed E-state index contributed by atoms with van der Waals surface area (Å²) in [6.07, 6.45) is 1.15. The third-order valence-corrected chi connectivity index (χ3v) is 3.67. The van der Waals surface area contributed by atoms with Crippen LogP contribution in [0.4, 0.5) is 0 Å². The van der Waals surface area contributed by atoms with E-state index in [1.54, 1.807) is 7.11 Å². The van der Waals surface area contributed by atoms with Crippen LogP contribution in [-0.4, -0.2) is 40.1 Å². The lowest BCUT2D eigenvalue weighted by molar-refractivity contribution is 0.165. The van der Waals surface area contributed by atoms with Crippen LogP contribution in [0.1, 0.15) is 12.0 Å². The zero-order chi connectivity index (χ0) is 13.8. The van der Waals surface area contributed by atoms with Gasteiger partial charge in [-0.2, -0.15) is 0 Å². The molecule has 5 nitrogen and oxygen atoms in total. The summed E-state index contributed by atoms with van der Waals surface area (Å²) >= 11 is 0. The van der Waals surface area contributed by atoms with Gasteiger partial charge in [0.15, 0.2) is 11.5 Å². The Kier molecular flexibility index (Phi) is 4.28. The number of methoxy groups -OCH3 is 1. The average Bonchev–Trinajstić information content (AvgIpc) is 2.99. The molecule has 0 amide bonds. The lowest BCUT2D eigenvalue weighted by Gasteiger charge is -2.21. The van der Waals surface area contributed by atoms with Crippen molar-refractivity contribution in [3.63, 3.8) is 0 Å². The predicted molar refractivity (Wildman–Crippen MR) is 74.6 cm³/mol. The molecule has 2 aliphatic heterocycles. The number of ether oxygens (including phenoxy) is 4. The maximum absolute atomic E-state index is 5.63. The van der Waals surface area contributed by atoms with Crippen LogP contribution in [-0.2, 0) is 11.3 Å². The van der Waals surface area contributed by atoms with Crippen LogP contribution < -0.4 is 19.5 Å². The lowest BCUT2D eigenvalue weighted by atomic mass is 10.1. The minimum absolute atomic E-state index is 0.572. The molecule has 0 saturated carbocycles. The van der Waals surface area contributed by atoms with Crippen molar-refractivity contribution in [1.29, 1.82) is 0 Å². The molecule has 1 unspecified atom stereocenters. The Bertz CT molecular complexity index is 440. The summed E-state index contributed by atoms with van der Waals surface area (Å²) < 4.78 is 22.0. The fourth-order valence-electron chi connectivity index (χ4n) is 2.59. The van der Waals surface area contributed by atoms with Gasteiger partial charge in [-0.25, -0.2) is 0 Å². The molecule has 1 atom stereocenters. The van der Waals surface area contributed by atoms with Gasteiger partial charge in [0.1, 0.15) is 13.2 Å². The monoisotopic (exact) mass is 279 g/mol. The van der Waals surface area contributed by atoms with Crippen LogP contribution in [0.5, 0.6) is 17.2 Å². The van der Waals surface area contributed by atoms with E-state index in [2.05, 4.69) is 5.32 Å². The maximum atomic E-state index is 5.63. The molecule has 110 valence electrons. The number of nitrogens with one attached hydrogen (secondary N) is 1. The number of hydrogen-bond donors (Lipinski definition) is 1. The SMILES string of the molecule is COc1cc(CNCC2CCOC2)cc2c1OCCO2. The Morgan fingerprint density at radius 2 is 2.15 bits per heavy atom. The quantitative estimate of drug-likeness (QED) is 0.887. The van der Waals surface area contributed by atoms with Gasteiger partial charge in [-0.05, 0) is 30.0 Å². The molecule has 3 rings (SSSR count). The Balaban J connectivity index is 1.63. The van der Waals surface area contributed by atoms with Gasteiger partial charge in [0.25, 0.3) is 0 Å². The second-order valence-corrected chi connectivity index (χ2v) is 5.18. The summed E-state index contributed by atoms with van der Waals surface area (Å²) in [4.78, 5) is 0. The first kappa shape index (κ1) is 13.5. The molecule has 0 aromatic heterocycles. The summed E-state index contributed by atoms with van der Waals surface area (Å²) in [6.45, 7) is 4.71. The summed E-state index contributed by atoms with van der Waals surface area (Å²) in [5.74, 6) is 2.86. The Hall–Kier alpha value is -1.46. The molecule has 5 heteroatoms. The standard InChI is InChI=1S/C15H21NO4/c1-17-13-6-12(7-14-15(13)20-5-4-19-14)9-16-8-11-2-3-18-10-11/h6-7,11,16H,2-5,8-10H2,1H3. The predicted octanol–water partition coefficient (Wildman–Crippen LogP) is 1.59. The molecule has 1 aromatic rings. The molecule has 1 N–H and O–H groups in total. The molecule has 2 heterocycles. The van der Waals surface area contributed by atoms with E-state index in [1.165, 1.54) is 0 Å². The summed E-state index contributed by atoms with van der Waals surface area (Å²) in [5.41, 5.74) is 1.14. The minimum atomic E-state index is 0.572. The molecular weight excluding hydrogens is 258 g/mol. The minimum Gasteiger partial charge on any atom is -0.493 e. The summed E-state index contributed by atoms with van der Waals surface area (Å²) in [6, 6.07) is 4.03. The van der Waals surface area contributed by atoms with Crippen molar-refractivity contribution in [2.45, 2.75) is 13.0 Å². The van der Waals surface area contributed by atoms with Gasteiger partial charge in [-0.1, -0.05) is 0 Å². The Morgan fingerprint density at radius 3 is 2.95 bits per heavy atom. The highest BCUT2D eigenvalue weighted by Gasteiger charge is 2.19. The number of rotatable bonds is 5. The van der Waals surface area contributed by atoms with Gasteiger partial charge in [-0.3, -0.25) is 0 Å². The van der Waals surface area contributed by atoms with Crippen LogP contribution in [0.2, 0.25) is 0 Å². The van der Waals surface area contributed by atoms with E-state index in [0.29, 0.717) is 24.9 Å². The zero-order valence-electron chi connectivity index (χ0n) is 11.8. The molecule has 0 spiro atoms. The third kappa shape index (κ3) is 2.99. The van der Waals surface area contributed by atoms with Crippen LogP contribution >= 0.6 is 0 Å². The smallest absolute Gasteiger partial charge is 0.203 e. The molecule has 0 radical (unpaired) electrons. The van der Waals surface area contributed by atoms with Crippen molar-refractivity contribution in [2.24, 2.45) is 5.92 Å². The lowest BCUT2D eigenvalue weighted by Crippen LogP contribution is -2.23. The van der Waals surface area contributed by atoms with Gasteiger partial charge < -0.3 is 24.3 Å². The molecule has 1 saturated heterocycles. The van der Waals surface area contributed by atoms with Crippen molar-refractivity contribution in [3.8, 4) is 17.2 Å². The van der Waals surface area contributed by atoms with Gasteiger partial charge in [-0.15, -0.1) is 0 Å². The van der Waals surface area contributed by atoms with Crippen LogP contribution in [0, 0.1) is 5.92 Å². The maximum Gasteiger partial charge on any atom is 0.203 e. The average molecular weight is 279 g/mol. The van der Waals surface area contributed by atoms with E-state index in [4.69, 9.17) is 18.9 Å². The van der Waals surface area contributed by atoms with Crippen molar-refractivity contribution >= 4 is 0 Å². The number of hydrogen-bond acceptors (Lipinski definition) is 5. The van der Waals surface area contributed by atoms with E-state index in [1.807, 2.05) is 12.1 Å². The number of benzene rings is 1. The van der Waals surface area contributed by atoms with Crippen molar-refractivity contribution in [2.75, 3.05) is 40.1 Å².